The summed E-state index contributed by atoms with van der Waals surface area (Å²) in [7, 11) is -3.26. The van der Waals surface area contributed by atoms with Gasteiger partial charge in [-0.1, -0.05) is 13.8 Å². The molecule has 6 heteroatoms. The van der Waals surface area contributed by atoms with Crippen LogP contribution in [0.15, 0.2) is 39.4 Å². The maximum absolute atomic E-state index is 11.7. The van der Waals surface area contributed by atoms with Gasteiger partial charge in [0.25, 0.3) is 0 Å². The molecule has 5 nitrogen and oxygen atoms in total. The summed E-state index contributed by atoms with van der Waals surface area (Å²) in [6.07, 6.45) is 1.56. The van der Waals surface area contributed by atoms with E-state index in [1.807, 2.05) is 13.8 Å². The molecule has 19 heavy (non-hydrogen) atoms. The first-order chi connectivity index (χ1) is 8.96. The molecule has 0 amide bonds. The highest BCUT2D eigenvalue weighted by molar-refractivity contribution is 7.89. The summed E-state index contributed by atoms with van der Waals surface area (Å²) in [5.41, 5.74) is 0. The molecule has 0 unspecified atom stereocenters. The van der Waals surface area contributed by atoms with Gasteiger partial charge in [-0.2, -0.15) is 0 Å². The Labute approximate surface area is 112 Å². The Morgan fingerprint density at radius 1 is 1.21 bits per heavy atom. The van der Waals surface area contributed by atoms with E-state index in [0.29, 0.717) is 17.3 Å². The van der Waals surface area contributed by atoms with Crippen molar-refractivity contribution in [2.45, 2.75) is 20.4 Å². The normalized spacial score (nSPS) is 12.2. The number of hydrogen-bond donors (Lipinski definition) is 1. The minimum atomic E-state index is -3.26. The molecule has 0 aliphatic heterocycles. The summed E-state index contributed by atoms with van der Waals surface area (Å²) < 4.78 is 36.6. The molecule has 1 N–H and O–H groups in total. The van der Waals surface area contributed by atoms with Crippen LogP contribution in [0.5, 0.6) is 0 Å². The molecule has 0 saturated carbocycles. The first kappa shape index (κ1) is 13.9. The highest BCUT2D eigenvalue weighted by atomic mass is 32.2. The van der Waals surface area contributed by atoms with E-state index in [9.17, 15) is 8.42 Å². The van der Waals surface area contributed by atoms with Crippen LogP contribution in [0, 0.1) is 5.92 Å². The number of hydrogen-bond acceptors (Lipinski definition) is 4. The van der Waals surface area contributed by atoms with E-state index in [4.69, 9.17) is 8.83 Å². The summed E-state index contributed by atoms with van der Waals surface area (Å²) in [5.74, 6) is 1.96. The number of sulfonamides is 1. The molecule has 0 saturated heterocycles. The van der Waals surface area contributed by atoms with Gasteiger partial charge in [0.15, 0.2) is 11.5 Å². The largest absolute Gasteiger partial charge is 0.461 e. The third-order valence-electron chi connectivity index (χ3n) is 2.44. The van der Waals surface area contributed by atoms with Crippen LogP contribution >= 0.6 is 0 Å². The van der Waals surface area contributed by atoms with Gasteiger partial charge in [-0.25, -0.2) is 13.1 Å². The molecule has 0 spiro atoms. The van der Waals surface area contributed by atoms with Gasteiger partial charge in [0.2, 0.25) is 10.0 Å². The Bertz CT molecular complexity index is 611. The lowest BCUT2D eigenvalue weighted by atomic mass is 10.3. The van der Waals surface area contributed by atoms with E-state index < -0.39 is 10.0 Å². The maximum atomic E-state index is 11.7. The van der Waals surface area contributed by atoms with Crippen LogP contribution in [-0.2, 0) is 16.6 Å². The summed E-state index contributed by atoms with van der Waals surface area (Å²) in [4.78, 5) is 0. The highest BCUT2D eigenvalue weighted by Crippen LogP contribution is 2.22. The summed E-state index contributed by atoms with van der Waals surface area (Å²) in [5, 5.41) is 0. The second kappa shape index (κ2) is 5.63. The predicted molar refractivity (Wildman–Crippen MR) is 71.9 cm³/mol. The van der Waals surface area contributed by atoms with Crippen molar-refractivity contribution in [3.8, 4) is 11.5 Å². The van der Waals surface area contributed by atoms with Gasteiger partial charge in [0.05, 0.1) is 18.6 Å². The van der Waals surface area contributed by atoms with Crippen LogP contribution in [-0.4, -0.2) is 14.2 Å². The lowest BCUT2D eigenvalue weighted by Crippen LogP contribution is -2.27. The molecule has 2 heterocycles. The van der Waals surface area contributed by atoms with Crippen molar-refractivity contribution in [3.63, 3.8) is 0 Å². The topological polar surface area (TPSA) is 72.5 Å². The van der Waals surface area contributed by atoms with Crippen molar-refractivity contribution in [1.82, 2.24) is 4.72 Å². The molecule has 0 aliphatic carbocycles. The van der Waals surface area contributed by atoms with Gasteiger partial charge >= 0.3 is 0 Å². The Hall–Kier alpha value is -1.53. The molecule has 2 aromatic heterocycles. The van der Waals surface area contributed by atoms with Crippen LogP contribution in [0.25, 0.3) is 11.5 Å². The third kappa shape index (κ3) is 3.97. The average Bonchev–Trinajstić information content (AvgIpc) is 2.96. The van der Waals surface area contributed by atoms with E-state index in [1.54, 1.807) is 30.5 Å². The Balaban J connectivity index is 1.98. The van der Waals surface area contributed by atoms with Crippen molar-refractivity contribution in [2.24, 2.45) is 5.92 Å². The van der Waals surface area contributed by atoms with Crippen molar-refractivity contribution in [3.05, 3.63) is 36.3 Å². The molecular formula is C13H17NO4S. The average molecular weight is 283 g/mol. The molecule has 0 bridgehead atoms. The fourth-order valence-electron chi connectivity index (χ4n) is 1.70. The van der Waals surface area contributed by atoms with Crippen LogP contribution in [0.4, 0.5) is 0 Å². The van der Waals surface area contributed by atoms with E-state index in [1.165, 1.54) is 0 Å². The molecule has 2 aromatic rings. The lowest BCUT2D eigenvalue weighted by molar-refractivity contribution is 0.484. The fourth-order valence-corrected chi connectivity index (χ4v) is 3.06. The van der Waals surface area contributed by atoms with Crippen LogP contribution in [0.3, 0.4) is 0 Å². The van der Waals surface area contributed by atoms with E-state index in [-0.39, 0.29) is 18.2 Å². The first-order valence-corrected chi connectivity index (χ1v) is 7.71. The second-order valence-corrected chi connectivity index (χ2v) is 6.59. The molecule has 0 fully saturated rings. The fraction of sp³-hybridized carbons (Fsp3) is 0.385. The van der Waals surface area contributed by atoms with Gasteiger partial charge in [0, 0.05) is 0 Å². The van der Waals surface area contributed by atoms with Crippen molar-refractivity contribution in [1.29, 1.82) is 0 Å². The zero-order chi connectivity index (χ0) is 13.9. The Kier molecular flexibility index (Phi) is 4.11. The standard InChI is InChI=1S/C13H17NO4S/c1-10(2)9-19(15,16)14-8-11-5-6-13(18-11)12-4-3-7-17-12/h3-7,10,14H,8-9H2,1-2H3. The van der Waals surface area contributed by atoms with Gasteiger partial charge in [-0.15, -0.1) is 0 Å². The highest BCUT2D eigenvalue weighted by Gasteiger charge is 2.14. The molecule has 0 aliphatic rings. The zero-order valence-electron chi connectivity index (χ0n) is 10.9. The number of rotatable bonds is 6. The molecule has 0 radical (unpaired) electrons. The summed E-state index contributed by atoms with van der Waals surface area (Å²) in [6.45, 7) is 3.87. The first-order valence-electron chi connectivity index (χ1n) is 6.06. The van der Waals surface area contributed by atoms with Crippen LogP contribution < -0.4 is 4.72 Å². The minimum Gasteiger partial charge on any atom is -0.461 e. The van der Waals surface area contributed by atoms with Crippen molar-refractivity contribution in [2.75, 3.05) is 5.75 Å². The van der Waals surface area contributed by atoms with E-state index >= 15 is 0 Å². The lowest BCUT2D eigenvalue weighted by Gasteiger charge is -2.07. The van der Waals surface area contributed by atoms with Gasteiger partial charge in [0.1, 0.15) is 5.76 Å². The number of furan rings is 2. The smallest absolute Gasteiger partial charge is 0.212 e. The van der Waals surface area contributed by atoms with Crippen molar-refractivity contribution < 1.29 is 17.3 Å². The molecule has 0 aromatic carbocycles. The van der Waals surface area contributed by atoms with E-state index in [0.717, 1.165) is 0 Å². The van der Waals surface area contributed by atoms with Crippen LogP contribution in [0.1, 0.15) is 19.6 Å². The zero-order valence-corrected chi connectivity index (χ0v) is 11.7. The maximum Gasteiger partial charge on any atom is 0.212 e. The predicted octanol–water partition coefficient (Wildman–Crippen LogP) is 2.62. The van der Waals surface area contributed by atoms with Gasteiger partial charge in [-0.05, 0) is 30.2 Å². The molecule has 0 atom stereocenters. The SMILES string of the molecule is CC(C)CS(=O)(=O)NCc1ccc(-c2ccco2)o1. The molecular weight excluding hydrogens is 266 g/mol. The molecule has 2 rings (SSSR count). The summed E-state index contributed by atoms with van der Waals surface area (Å²) in [6, 6.07) is 7.04. The number of nitrogens with one attached hydrogen (secondary N) is 1. The van der Waals surface area contributed by atoms with Crippen molar-refractivity contribution >= 4 is 10.0 Å². The summed E-state index contributed by atoms with van der Waals surface area (Å²) >= 11 is 0. The monoisotopic (exact) mass is 283 g/mol. The Morgan fingerprint density at radius 2 is 2.00 bits per heavy atom. The third-order valence-corrected chi connectivity index (χ3v) is 4.13. The second-order valence-electron chi connectivity index (χ2n) is 4.74. The van der Waals surface area contributed by atoms with Gasteiger partial charge < -0.3 is 8.83 Å². The van der Waals surface area contributed by atoms with E-state index in [2.05, 4.69) is 4.72 Å². The quantitative estimate of drug-likeness (QED) is 0.884. The minimum absolute atomic E-state index is 0.0905. The Morgan fingerprint density at radius 3 is 2.63 bits per heavy atom. The van der Waals surface area contributed by atoms with Gasteiger partial charge in [-0.3, -0.25) is 0 Å². The molecule has 104 valence electrons. The van der Waals surface area contributed by atoms with Crippen LogP contribution in [0.2, 0.25) is 0 Å².